The predicted molar refractivity (Wildman–Crippen MR) is 90.3 cm³/mol. The number of nitrogens with two attached hydrogens (primary N) is 1. The molecule has 0 radical (unpaired) electrons. The van der Waals surface area contributed by atoms with E-state index in [-0.39, 0.29) is 17.9 Å². The first kappa shape index (κ1) is 17.0. The zero-order chi connectivity index (χ0) is 16.1. The second-order valence-corrected chi connectivity index (χ2v) is 6.55. The van der Waals surface area contributed by atoms with Crippen LogP contribution in [0.15, 0.2) is 30.3 Å². The lowest BCUT2D eigenvalue weighted by Gasteiger charge is -2.28. The Hall–Kier alpha value is -1.39. The summed E-state index contributed by atoms with van der Waals surface area (Å²) in [5.74, 6) is 0.298. The molecule has 4 heteroatoms. The highest BCUT2D eigenvalue weighted by atomic mass is 16.2. The fourth-order valence-electron chi connectivity index (χ4n) is 3.05. The minimum Gasteiger partial charge on any atom is -0.340 e. The zero-order valence-electron chi connectivity index (χ0n) is 14.0. The fraction of sp³-hybridized carbons (Fsp3) is 0.611. The Morgan fingerprint density at radius 1 is 1.36 bits per heavy atom. The number of benzene rings is 1. The first-order chi connectivity index (χ1) is 10.5. The first-order valence-electron chi connectivity index (χ1n) is 8.35. The second kappa shape index (κ2) is 7.75. The Balaban J connectivity index is 1.94. The van der Waals surface area contributed by atoms with Crippen LogP contribution in [-0.4, -0.2) is 47.4 Å². The van der Waals surface area contributed by atoms with Gasteiger partial charge in [-0.3, -0.25) is 9.69 Å². The van der Waals surface area contributed by atoms with Crippen LogP contribution in [-0.2, 0) is 11.3 Å². The van der Waals surface area contributed by atoms with Crippen molar-refractivity contribution in [1.82, 2.24) is 9.80 Å². The highest BCUT2D eigenvalue weighted by Gasteiger charge is 2.32. The third-order valence-electron chi connectivity index (χ3n) is 4.63. The van der Waals surface area contributed by atoms with Gasteiger partial charge in [-0.05, 0) is 24.4 Å². The summed E-state index contributed by atoms with van der Waals surface area (Å²) in [6.45, 7) is 9.77. The molecule has 1 amide bonds. The normalized spacial score (nSPS) is 19.9. The van der Waals surface area contributed by atoms with Gasteiger partial charge in [0.1, 0.15) is 0 Å². The van der Waals surface area contributed by atoms with Gasteiger partial charge in [0, 0.05) is 25.7 Å². The van der Waals surface area contributed by atoms with Crippen molar-refractivity contribution in [3.05, 3.63) is 35.9 Å². The summed E-state index contributed by atoms with van der Waals surface area (Å²) < 4.78 is 0. The SMILES string of the molecule is CCN(Cc1ccccc1)C1CCN(C(=O)C(N)C(C)C)C1. The molecule has 0 spiro atoms. The molecule has 4 nitrogen and oxygen atoms in total. The van der Waals surface area contributed by atoms with E-state index in [2.05, 4.69) is 36.1 Å². The van der Waals surface area contributed by atoms with Crippen LogP contribution >= 0.6 is 0 Å². The van der Waals surface area contributed by atoms with Gasteiger partial charge in [0.05, 0.1) is 6.04 Å². The second-order valence-electron chi connectivity index (χ2n) is 6.55. The van der Waals surface area contributed by atoms with E-state index in [0.717, 1.165) is 32.6 Å². The molecule has 1 aromatic carbocycles. The Bertz CT molecular complexity index is 474. The predicted octanol–water partition coefficient (Wildman–Crippen LogP) is 2.09. The first-order valence-corrected chi connectivity index (χ1v) is 8.35. The fourth-order valence-corrected chi connectivity index (χ4v) is 3.05. The molecule has 0 bridgehead atoms. The molecule has 0 aliphatic carbocycles. The topological polar surface area (TPSA) is 49.6 Å². The molecule has 2 atom stereocenters. The van der Waals surface area contributed by atoms with Gasteiger partial charge in [-0.15, -0.1) is 0 Å². The van der Waals surface area contributed by atoms with Crippen LogP contribution in [0.25, 0.3) is 0 Å². The quantitative estimate of drug-likeness (QED) is 0.875. The number of amides is 1. The van der Waals surface area contributed by atoms with E-state index in [9.17, 15) is 4.79 Å². The van der Waals surface area contributed by atoms with E-state index in [0.29, 0.717) is 6.04 Å². The van der Waals surface area contributed by atoms with Crippen LogP contribution in [0, 0.1) is 5.92 Å². The van der Waals surface area contributed by atoms with Crippen molar-refractivity contribution in [2.75, 3.05) is 19.6 Å². The average molecular weight is 303 g/mol. The average Bonchev–Trinajstić information content (AvgIpc) is 3.01. The van der Waals surface area contributed by atoms with E-state index in [1.165, 1.54) is 5.56 Å². The zero-order valence-corrected chi connectivity index (χ0v) is 14.0. The Kier molecular flexibility index (Phi) is 5.98. The Morgan fingerprint density at radius 2 is 2.05 bits per heavy atom. The third kappa shape index (κ3) is 4.08. The number of carbonyl (C=O) groups excluding carboxylic acids is 1. The van der Waals surface area contributed by atoms with Crippen molar-refractivity contribution in [1.29, 1.82) is 0 Å². The van der Waals surface area contributed by atoms with E-state index in [1.807, 2.05) is 24.8 Å². The van der Waals surface area contributed by atoms with Gasteiger partial charge in [0.2, 0.25) is 5.91 Å². The molecule has 1 heterocycles. The number of rotatable bonds is 6. The van der Waals surface area contributed by atoms with Gasteiger partial charge in [0.15, 0.2) is 0 Å². The number of hydrogen-bond donors (Lipinski definition) is 1. The lowest BCUT2D eigenvalue weighted by molar-refractivity contribution is -0.132. The minimum absolute atomic E-state index is 0.105. The molecule has 1 aliphatic rings. The molecule has 0 saturated carbocycles. The smallest absolute Gasteiger partial charge is 0.239 e. The number of hydrogen-bond acceptors (Lipinski definition) is 3. The summed E-state index contributed by atoms with van der Waals surface area (Å²) in [4.78, 5) is 16.8. The van der Waals surface area contributed by atoms with Crippen LogP contribution in [0.3, 0.4) is 0 Å². The van der Waals surface area contributed by atoms with Gasteiger partial charge in [-0.1, -0.05) is 51.1 Å². The summed E-state index contributed by atoms with van der Waals surface area (Å²) in [6, 6.07) is 10.6. The molecule has 1 fully saturated rings. The summed E-state index contributed by atoms with van der Waals surface area (Å²) in [7, 11) is 0. The molecule has 1 saturated heterocycles. The molecule has 2 unspecified atom stereocenters. The monoisotopic (exact) mass is 303 g/mol. The summed E-state index contributed by atoms with van der Waals surface area (Å²) in [5.41, 5.74) is 7.34. The molecule has 122 valence electrons. The van der Waals surface area contributed by atoms with Crippen LogP contribution < -0.4 is 5.73 Å². The third-order valence-corrected chi connectivity index (χ3v) is 4.63. The van der Waals surface area contributed by atoms with Crippen molar-refractivity contribution < 1.29 is 4.79 Å². The maximum atomic E-state index is 12.4. The van der Waals surface area contributed by atoms with E-state index in [4.69, 9.17) is 5.73 Å². The Labute approximate surface area is 134 Å². The van der Waals surface area contributed by atoms with Gasteiger partial charge in [-0.25, -0.2) is 0 Å². The molecule has 22 heavy (non-hydrogen) atoms. The van der Waals surface area contributed by atoms with Gasteiger partial charge < -0.3 is 10.6 Å². The highest BCUT2D eigenvalue weighted by molar-refractivity contribution is 5.82. The largest absolute Gasteiger partial charge is 0.340 e. The van der Waals surface area contributed by atoms with Crippen molar-refractivity contribution in [2.24, 2.45) is 11.7 Å². The number of likely N-dealkylation sites (N-methyl/N-ethyl adjacent to an activating group) is 1. The lowest BCUT2D eigenvalue weighted by Crippen LogP contribution is -2.47. The van der Waals surface area contributed by atoms with Crippen LogP contribution in [0.4, 0.5) is 0 Å². The molecule has 1 aliphatic heterocycles. The molecule has 2 rings (SSSR count). The van der Waals surface area contributed by atoms with E-state index < -0.39 is 0 Å². The van der Waals surface area contributed by atoms with Crippen LogP contribution in [0.1, 0.15) is 32.8 Å². The minimum atomic E-state index is -0.372. The van der Waals surface area contributed by atoms with Crippen LogP contribution in [0.5, 0.6) is 0 Å². The molecule has 1 aromatic rings. The summed E-state index contributed by atoms with van der Waals surface area (Å²) in [5, 5.41) is 0. The maximum absolute atomic E-state index is 12.4. The highest BCUT2D eigenvalue weighted by Crippen LogP contribution is 2.19. The van der Waals surface area contributed by atoms with Crippen molar-refractivity contribution in [2.45, 2.75) is 45.8 Å². The molecular weight excluding hydrogens is 274 g/mol. The summed E-state index contributed by atoms with van der Waals surface area (Å²) >= 11 is 0. The van der Waals surface area contributed by atoms with Crippen molar-refractivity contribution in [3.8, 4) is 0 Å². The standard InChI is InChI=1S/C18H29N3O/c1-4-20(12-15-8-6-5-7-9-15)16-10-11-21(13-16)18(22)17(19)14(2)3/h5-9,14,16-17H,4,10-13,19H2,1-3H3. The van der Waals surface area contributed by atoms with Crippen LogP contribution in [0.2, 0.25) is 0 Å². The van der Waals surface area contributed by atoms with Gasteiger partial charge in [-0.2, -0.15) is 0 Å². The molecular formula is C18H29N3O. The maximum Gasteiger partial charge on any atom is 0.239 e. The van der Waals surface area contributed by atoms with Gasteiger partial charge in [0.25, 0.3) is 0 Å². The lowest BCUT2D eigenvalue weighted by atomic mass is 10.0. The molecule has 0 aromatic heterocycles. The number of likely N-dealkylation sites (tertiary alicyclic amines) is 1. The Morgan fingerprint density at radius 3 is 2.64 bits per heavy atom. The van der Waals surface area contributed by atoms with E-state index in [1.54, 1.807) is 0 Å². The van der Waals surface area contributed by atoms with Gasteiger partial charge >= 0.3 is 0 Å². The number of carbonyl (C=O) groups is 1. The van der Waals surface area contributed by atoms with Crippen molar-refractivity contribution >= 4 is 5.91 Å². The number of nitrogens with zero attached hydrogens (tertiary/aromatic N) is 2. The summed E-state index contributed by atoms with van der Waals surface area (Å²) in [6.07, 6.45) is 1.04. The molecule has 2 N–H and O–H groups in total. The van der Waals surface area contributed by atoms with E-state index >= 15 is 0 Å². The van der Waals surface area contributed by atoms with Crippen molar-refractivity contribution in [3.63, 3.8) is 0 Å².